The van der Waals surface area contributed by atoms with E-state index in [2.05, 4.69) is 21.4 Å². The molecule has 2 atom stereocenters. The second-order valence-corrected chi connectivity index (χ2v) is 8.34. The van der Waals surface area contributed by atoms with Crippen LogP contribution in [0.4, 0.5) is 5.13 Å². The van der Waals surface area contributed by atoms with Crippen LogP contribution in [0.2, 0.25) is 0 Å². The molecule has 0 fully saturated rings. The molecule has 2 aromatic carbocycles. The van der Waals surface area contributed by atoms with Gasteiger partial charge in [-0.3, -0.25) is 15.3 Å². The highest BCUT2D eigenvalue weighted by molar-refractivity contribution is 7.15. The van der Waals surface area contributed by atoms with E-state index in [0.29, 0.717) is 22.6 Å². The van der Waals surface area contributed by atoms with Crippen molar-refractivity contribution >= 4 is 34.1 Å². The average molecular weight is 443 g/mol. The Bertz CT molecular complexity index is 1280. The quantitative estimate of drug-likeness (QED) is 0.620. The number of aliphatic imine (C=N–C) groups is 2. The summed E-state index contributed by atoms with van der Waals surface area (Å²) in [6.07, 6.45) is 2.11. The largest absolute Gasteiger partial charge is 0.497 e. The first kappa shape index (κ1) is 19.8. The molecule has 2 aliphatic rings. The van der Waals surface area contributed by atoms with Crippen LogP contribution in [0.1, 0.15) is 22.2 Å². The fourth-order valence-corrected chi connectivity index (χ4v) is 4.55. The molecule has 0 bridgehead atoms. The van der Waals surface area contributed by atoms with Crippen LogP contribution in [0.25, 0.3) is 0 Å². The van der Waals surface area contributed by atoms with Crippen LogP contribution in [0.3, 0.4) is 0 Å². The van der Waals surface area contributed by atoms with E-state index in [1.807, 2.05) is 66.4 Å². The minimum atomic E-state index is -0.524. The van der Waals surface area contributed by atoms with E-state index in [1.54, 1.807) is 7.11 Å². The highest BCUT2D eigenvalue weighted by Gasteiger charge is 2.47. The molecule has 0 unspecified atom stereocenters. The second kappa shape index (κ2) is 7.86. The standard InChI is InChI=1S/C22H18N8OS/c1-13-27-28-22(32-13)30-19(15-6-4-3-5-7-15)25-17-18(14-8-10-16(31-2)11-9-14)29(12-23)21(24)26-20(17)30/h3-11,17-18,24H,1-2H3/t17-,18-/m0/s1. The molecule has 10 heteroatoms. The van der Waals surface area contributed by atoms with Gasteiger partial charge < -0.3 is 4.74 Å². The Balaban J connectivity index is 1.68. The van der Waals surface area contributed by atoms with Gasteiger partial charge in [0.05, 0.1) is 7.11 Å². The number of aryl methyl sites for hydroxylation is 1. The summed E-state index contributed by atoms with van der Waals surface area (Å²) in [4.78, 5) is 12.6. The van der Waals surface area contributed by atoms with E-state index >= 15 is 0 Å². The molecule has 0 saturated heterocycles. The molecule has 3 heterocycles. The third kappa shape index (κ3) is 3.19. The maximum absolute atomic E-state index is 9.84. The summed E-state index contributed by atoms with van der Waals surface area (Å²) in [5, 5.41) is 28.2. The van der Waals surface area contributed by atoms with Crippen LogP contribution >= 0.6 is 11.3 Å². The maximum atomic E-state index is 9.84. The fourth-order valence-electron chi connectivity index (χ4n) is 3.85. The predicted molar refractivity (Wildman–Crippen MR) is 122 cm³/mol. The number of benzene rings is 2. The lowest BCUT2D eigenvalue weighted by Crippen LogP contribution is -2.48. The third-order valence-corrected chi connectivity index (χ3v) is 6.12. The van der Waals surface area contributed by atoms with Crippen LogP contribution in [0.5, 0.6) is 5.75 Å². The van der Waals surface area contributed by atoms with Crippen LogP contribution < -0.4 is 9.64 Å². The molecule has 0 spiro atoms. The van der Waals surface area contributed by atoms with Crippen molar-refractivity contribution in [3.8, 4) is 11.9 Å². The summed E-state index contributed by atoms with van der Waals surface area (Å²) in [5.41, 5.74) is 1.72. The Hall–Kier alpha value is -4.10. The zero-order valence-electron chi connectivity index (χ0n) is 17.3. The van der Waals surface area contributed by atoms with Gasteiger partial charge in [0.25, 0.3) is 0 Å². The normalized spacial score (nSPS) is 19.8. The number of methoxy groups -OCH3 is 1. The van der Waals surface area contributed by atoms with Gasteiger partial charge in [0.2, 0.25) is 11.1 Å². The Kier molecular flexibility index (Phi) is 4.88. The maximum Gasteiger partial charge on any atom is 0.233 e. The number of amidine groups is 2. The molecule has 0 radical (unpaired) electrons. The molecule has 158 valence electrons. The molecule has 9 nitrogen and oxygen atoms in total. The molecule has 0 amide bonds. The fraction of sp³-hybridized carbons (Fsp3) is 0.182. The number of hydrogen-bond acceptors (Lipinski definition) is 8. The molecule has 5 rings (SSSR count). The number of fused-ring (bicyclic) bond motifs is 1. The minimum Gasteiger partial charge on any atom is -0.497 e. The molecular weight excluding hydrogens is 424 g/mol. The lowest BCUT2D eigenvalue weighted by Gasteiger charge is -2.34. The molecule has 2 aliphatic heterocycles. The highest BCUT2D eigenvalue weighted by Crippen LogP contribution is 2.38. The molecule has 32 heavy (non-hydrogen) atoms. The van der Waals surface area contributed by atoms with Gasteiger partial charge in [-0.1, -0.05) is 53.8 Å². The van der Waals surface area contributed by atoms with Gasteiger partial charge in [-0.15, -0.1) is 10.2 Å². The van der Waals surface area contributed by atoms with Gasteiger partial charge in [-0.05, 0) is 24.6 Å². The molecule has 3 aromatic rings. The van der Waals surface area contributed by atoms with E-state index in [-0.39, 0.29) is 5.96 Å². The van der Waals surface area contributed by atoms with E-state index in [0.717, 1.165) is 16.1 Å². The summed E-state index contributed by atoms with van der Waals surface area (Å²) >= 11 is 1.43. The molecule has 1 N–H and O–H groups in total. The van der Waals surface area contributed by atoms with Crippen LogP contribution in [-0.2, 0) is 0 Å². The summed E-state index contributed by atoms with van der Waals surface area (Å²) in [7, 11) is 1.60. The average Bonchev–Trinajstić information content (AvgIpc) is 3.42. The smallest absolute Gasteiger partial charge is 0.233 e. The zero-order chi connectivity index (χ0) is 22.2. The third-order valence-electron chi connectivity index (χ3n) is 5.30. The van der Waals surface area contributed by atoms with E-state index in [1.165, 1.54) is 16.2 Å². The SMILES string of the molecule is COc1ccc([C@H]2[C@@H]3N=C(c4ccccc4)N(c4nnc(C)s4)C3=NC(=N)N2C#N)cc1. The predicted octanol–water partition coefficient (Wildman–Crippen LogP) is 3.36. The van der Waals surface area contributed by atoms with E-state index in [4.69, 9.17) is 15.1 Å². The number of aromatic nitrogens is 2. The number of hydrogen-bond donors (Lipinski definition) is 1. The molecule has 1 aromatic heterocycles. The van der Waals surface area contributed by atoms with Crippen LogP contribution in [0.15, 0.2) is 64.6 Å². The van der Waals surface area contributed by atoms with Gasteiger partial charge in [-0.25, -0.2) is 4.90 Å². The van der Waals surface area contributed by atoms with Crippen molar-refractivity contribution in [2.45, 2.75) is 19.0 Å². The number of guanidine groups is 1. The summed E-state index contributed by atoms with van der Waals surface area (Å²) < 4.78 is 5.28. The Morgan fingerprint density at radius 1 is 1.09 bits per heavy atom. The van der Waals surface area contributed by atoms with E-state index < -0.39 is 12.1 Å². The van der Waals surface area contributed by atoms with E-state index in [9.17, 15) is 5.26 Å². The number of nitrogens with one attached hydrogen (secondary N) is 1. The first-order chi connectivity index (χ1) is 15.6. The van der Waals surface area contributed by atoms with Gasteiger partial charge >= 0.3 is 0 Å². The number of anilines is 1. The van der Waals surface area contributed by atoms with Crippen molar-refractivity contribution in [3.63, 3.8) is 0 Å². The van der Waals surface area contributed by atoms with Crippen LogP contribution in [-0.4, -0.2) is 45.9 Å². The zero-order valence-corrected chi connectivity index (χ0v) is 18.1. The van der Waals surface area contributed by atoms with Gasteiger partial charge in [0.1, 0.15) is 34.5 Å². The first-order valence-electron chi connectivity index (χ1n) is 9.84. The van der Waals surface area contributed by atoms with Crippen molar-refractivity contribution in [2.24, 2.45) is 9.98 Å². The number of rotatable bonds is 4. The van der Waals surface area contributed by atoms with Crippen molar-refractivity contribution in [1.82, 2.24) is 15.1 Å². The van der Waals surface area contributed by atoms with Crippen molar-refractivity contribution < 1.29 is 4.74 Å². The Labute approximate surface area is 188 Å². The van der Waals surface area contributed by atoms with Crippen LogP contribution in [0, 0.1) is 23.8 Å². The highest BCUT2D eigenvalue weighted by atomic mass is 32.1. The molecular formula is C22H18N8OS. The summed E-state index contributed by atoms with van der Waals surface area (Å²) in [5.74, 6) is 1.78. The Morgan fingerprint density at radius 3 is 2.47 bits per heavy atom. The molecule has 0 saturated carbocycles. The topological polar surface area (TPSA) is 114 Å². The summed E-state index contributed by atoms with van der Waals surface area (Å²) in [6, 6.07) is 16.2. The van der Waals surface area contributed by atoms with Gasteiger partial charge in [0.15, 0.2) is 6.19 Å². The molecule has 0 aliphatic carbocycles. The van der Waals surface area contributed by atoms with Crippen molar-refractivity contribution in [3.05, 3.63) is 70.7 Å². The summed E-state index contributed by atoms with van der Waals surface area (Å²) in [6.45, 7) is 1.89. The Morgan fingerprint density at radius 2 is 1.84 bits per heavy atom. The monoisotopic (exact) mass is 442 g/mol. The number of nitrogens with zero attached hydrogens (tertiary/aromatic N) is 7. The van der Waals surface area contributed by atoms with Crippen molar-refractivity contribution in [2.75, 3.05) is 12.0 Å². The van der Waals surface area contributed by atoms with Gasteiger partial charge in [-0.2, -0.15) is 10.3 Å². The lowest BCUT2D eigenvalue weighted by molar-refractivity contribution is 0.388. The second-order valence-electron chi connectivity index (χ2n) is 7.18. The number of ether oxygens (including phenoxy) is 1. The lowest BCUT2D eigenvalue weighted by atomic mass is 9.96. The first-order valence-corrected chi connectivity index (χ1v) is 10.7. The van der Waals surface area contributed by atoms with Crippen molar-refractivity contribution in [1.29, 1.82) is 10.7 Å². The number of nitriles is 1. The minimum absolute atomic E-state index is 0.143. The van der Waals surface area contributed by atoms with Gasteiger partial charge in [0, 0.05) is 5.56 Å².